The van der Waals surface area contributed by atoms with Crippen LogP contribution in [0.2, 0.25) is 0 Å². The molecule has 1 aromatic carbocycles. The van der Waals surface area contributed by atoms with Crippen molar-refractivity contribution >= 4 is 28.9 Å². The fraction of sp³-hybridized carbons (Fsp3) is 0.0769. The number of nitrogens with one attached hydrogen (secondary N) is 1. The van der Waals surface area contributed by atoms with Gasteiger partial charge in [0.25, 0.3) is 5.91 Å². The summed E-state index contributed by atoms with van der Waals surface area (Å²) in [4.78, 5) is 23.4. The first-order valence-corrected chi connectivity index (χ1v) is 6.43. The van der Waals surface area contributed by atoms with Gasteiger partial charge in [-0.15, -0.1) is 11.3 Å². The Labute approximate surface area is 121 Å². The van der Waals surface area contributed by atoms with E-state index in [1.807, 2.05) is 0 Å². The molecule has 0 aliphatic heterocycles. The molecule has 0 saturated heterocycles. The third kappa shape index (κ3) is 3.05. The molecule has 8 heteroatoms. The highest BCUT2D eigenvalue weighted by molar-refractivity contribution is 7.12. The standard InChI is InChI=1S/C13H8F3NO3S/c1-20-13(19)11-10(2-3-21-11)17-12(18)6-4-8(15)9(16)5-7(6)14/h2-5H,1H3,(H,17,18). The van der Waals surface area contributed by atoms with Gasteiger partial charge in [-0.2, -0.15) is 0 Å². The van der Waals surface area contributed by atoms with Gasteiger partial charge in [-0.25, -0.2) is 18.0 Å². The van der Waals surface area contributed by atoms with Crippen LogP contribution in [-0.4, -0.2) is 19.0 Å². The first kappa shape index (κ1) is 15.0. The van der Waals surface area contributed by atoms with Crippen molar-refractivity contribution in [1.82, 2.24) is 0 Å². The van der Waals surface area contributed by atoms with Gasteiger partial charge < -0.3 is 10.1 Å². The normalized spacial score (nSPS) is 10.3. The van der Waals surface area contributed by atoms with E-state index in [-0.39, 0.29) is 16.6 Å². The molecule has 2 rings (SSSR count). The number of esters is 1. The van der Waals surface area contributed by atoms with Crippen LogP contribution in [0, 0.1) is 17.5 Å². The summed E-state index contributed by atoms with van der Waals surface area (Å²) in [7, 11) is 1.17. The summed E-state index contributed by atoms with van der Waals surface area (Å²) in [5.74, 6) is -5.63. The number of carbonyl (C=O) groups excluding carboxylic acids is 2. The van der Waals surface area contributed by atoms with Gasteiger partial charge >= 0.3 is 5.97 Å². The van der Waals surface area contributed by atoms with Crippen molar-refractivity contribution in [1.29, 1.82) is 0 Å². The molecule has 110 valence electrons. The number of hydrogen-bond donors (Lipinski definition) is 1. The number of halogens is 3. The van der Waals surface area contributed by atoms with Crippen molar-refractivity contribution in [2.24, 2.45) is 0 Å². The topological polar surface area (TPSA) is 55.4 Å². The Kier molecular flexibility index (Phi) is 4.27. The van der Waals surface area contributed by atoms with Crippen molar-refractivity contribution in [2.75, 3.05) is 12.4 Å². The number of benzene rings is 1. The Morgan fingerprint density at radius 1 is 1.14 bits per heavy atom. The smallest absolute Gasteiger partial charge is 0.350 e. The molecule has 0 radical (unpaired) electrons. The SMILES string of the molecule is COC(=O)c1sccc1NC(=O)c1cc(F)c(F)cc1F. The van der Waals surface area contributed by atoms with Crippen LogP contribution < -0.4 is 5.32 Å². The predicted molar refractivity (Wildman–Crippen MR) is 69.9 cm³/mol. The second-order valence-electron chi connectivity index (χ2n) is 3.86. The van der Waals surface area contributed by atoms with E-state index < -0.39 is 34.9 Å². The van der Waals surface area contributed by atoms with Crippen molar-refractivity contribution in [3.63, 3.8) is 0 Å². The minimum absolute atomic E-state index is 0.0981. The van der Waals surface area contributed by atoms with Crippen LogP contribution in [0.25, 0.3) is 0 Å². The molecule has 0 spiro atoms. The highest BCUT2D eigenvalue weighted by Crippen LogP contribution is 2.24. The van der Waals surface area contributed by atoms with E-state index in [0.717, 1.165) is 11.3 Å². The highest BCUT2D eigenvalue weighted by atomic mass is 32.1. The summed E-state index contributed by atoms with van der Waals surface area (Å²) < 4.78 is 43.9. The van der Waals surface area contributed by atoms with E-state index in [0.29, 0.717) is 6.07 Å². The van der Waals surface area contributed by atoms with Crippen LogP contribution in [0.3, 0.4) is 0 Å². The molecule has 21 heavy (non-hydrogen) atoms. The summed E-state index contributed by atoms with van der Waals surface area (Å²) in [6.45, 7) is 0. The Bertz CT molecular complexity index is 715. The number of amides is 1. The van der Waals surface area contributed by atoms with Gasteiger partial charge in [0.1, 0.15) is 10.7 Å². The van der Waals surface area contributed by atoms with Crippen molar-refractivity contribution < 1.29 is 27.5 Å². The second kappa shape index (κ2) is 5.96. The lowest BCUT2D eigenvalue weighted by Crippen LogP contribution is -2.16. The third-order valence-electron chi connectivity index (χ3n) is 2.54. The van der Waals surface area contributed by atoms with E-state index in [2.05, 4.69) is 10.1 Å². The molecule has 0 aliphatic carbocycles. The van der Waals surface area contributed by atoms with E-state index in [1.165, 1.54) is 18.6 Å². The fourth-order valence-electron chi connectivity index (χ4n) is 1.54. The zero-order valence-corrected chi connectivity index (χ0v) is 11.4. The van der Waals surface area contributed by atoms with Crippen LogP contribution >= 0.6 is 11.3 Å². The van der Waals surface area contributed by atoms with Crippen LogP contribution in [0.1, 0.15) is 20.0 Å². The second-order valence-corrected chi connectivity index (χ2v) is 4.77. The molecular formula is C13H8F3NO3S. The summed E-state index contributed by atoms with van der Waals surface area (Å²) in [6.07, 6.45) is 0. The average molecular weight is 315 g/mol. The molecule has 0 bridgehead atoms. The van der Waals surface area contributed by atoms with Gasteiger partial charge in [-0.1, -0.05) is 0 Å². The monoisotopic (exact) mass is 315 g/mol. The molecule has 1 heterocycles. The largest absolute Gasteiger partial charge is 0.465 e. The Hall–Kier alpha value is -2.35. The molecule has 0 aliphatic rings. The molecule has 1 amide bonds. The van der Waals surface area contributed by atoms with Crippen LogP contribution in [0.4, 0.5) is 18.9 Å². The zero-order valence-electron chi connectivity index (χ0n) is 10.6. The number of hydrogen-bond acceptors (Lipinski definition) is 4. The maximum atomic E-state index is 13.5. The number of methoxy groups -OCH3 is 1. The molecular weight excluding hydrogens is 307 g/mol. The lowest BCUT2D eigenvalue weighted by molar-refractivity contribution is 0.0607. The molecule has 1 aromatic heterocycles. The zero-order chi connectivity index (χ0) is 15.6. The van der Waals surface area contributed by atoms with E-state index in [1.54, 1.807) is 0 Å². The molecule has 0 fully saturated rings. The molecule has 0 unspecified atom stereocenters. The van der Waals surface area contributed by atoms with E-state index in [9.17, 15) is 22.8 Å². The van der Waals surface area contributed by atoms with Crippen LogP contribution in [-0.2, 0) is 4.74 Å². The van der Waals surface area contributed by atoms with Gasteiger partial charge in [0, 0.05) is 6.07 Å². The van der Waals surface area contributed by atoms with Gasteiger partial charge in [0.05, 0.1) is 18.4 Å². The average Bonchev–Trinajstić information content (AvgIpc) is 2.90. The lowest BCUT2D eigenvalue weighted by atomic mass is 10.2. The molecule has 1 N–H and O–H groups in total. The number of ether oxygens (including phenoxy) is 1. The number of carbonyl (C=O) groups is 2. The van der Waals surface area contributed by atoms with Crippen LogP contribution in [0.5, 0.6) is 0 Å². The van der Waals surface area contributed by atoms with Gasteiger partial charge in [0.2, 0.25) is 0 Å². The lowest BCUT2D eigenvalue weighted by Gasteiger charge is -2.07. The van der Waals surface area contributed by atoms with Gasteiger partial charge in [0.15, 0.2) is 11.6 Å². The quantitative estimate of drug-likeness (QED) is 0.699. The molecule has 0 atom stereocenters. The number of anilines is 1. The fourth-order valence-corrected chi connectivity index (χ4v) is 2.31. The minimum Gasteiger partial charge on any atom is -0.465 e. The maximum absolute atomic E-state index is 13.5. The molecule has 4 nitrogen and oxygen atoms in total. The predicted octanol–water partition coefficient (Wildman–Crippen LogP) is 3.20. The third-order valence-corrected chi connectivity index (χ3v) is 3.43. The minimum atomic E-state index is -1.39. The molecule has 0 saturated carbocycles. The Morgan fingerprint density at radius 3 is 2.48 bits per heavy atom. The number of rotatable bonds is 3. The Balaban J connectivity index is 2.29. The highest BCUT2D eigenvalue weighted by Gasteiger charge is 2.20. The summed E-state index contributed by atoms with van der Waals surface area (Å²) in [5.41, 5.74) is -0.572. The first-order chi connectivity index (χ1) is 9.93. The molecule has 2 aromatic rings. The maximum Gasteiger partial charge on any atom is 0.350 e. The number of thiophene rings is 1. The summed E-state index contributed by atoms with van der Waals surface area (Å²) >= 11 is 1.01. The van der Waals surface area contributed by atoms with Gasteiger partial charge in [-0.05, 0) is 17.5 Å². The van der Waals surface area contributed by atoms with Crippen LogP contribution in [0.15, 0.2) is 23.6 Å². The van der Waals surface area contributed by atoms with E-state index >= 15 is 0 Å². The van der Waals surface area contributed by atoms with Crippen molar-refractivity contribution in [3.8, 4) is 0 Å². The van der Waals surface area contributed by atoms with Gasteiger partial charge in [-0.3, -0.25) is 4.79 Å². The van der Waals surface area contributed by atoms with Crippen molar-refractivity contribution in [2.45, 2.75) is 0 Å². The van der Waals surface area contributed by atoms with Crippen molar-refractivity contribution in [3.05, 3.63) is 51.5 Å². The summed E-state index contributed by atoms with van der Waals surface area (Å²) in [5, 5.41) is 3.77. The van der Waals surface area contributed by atoms with E-state index in [4.69, 9.17) is 0 Å². The summed E-state index contributed by atoms with van der Waals surface area (Å²) in [6, 6.07) is 2.13. The Morgan fingerprint density at radius 2 is 1.81 bits per heavy atom. The first-order valence-electron chi connectivity index (χ1n) is 5.55.